The highest BCUT2D eigenvalue weighted by molar-refractivity contribution is 8.00. The first-order valence-electron chi connectivity index (χ1n) is 6.67. The van der Waals surface area contributed by atoms with Crippen LogP contribution in [-0.4, -0.2) is 57.4 Å². The summed E-state index contributed by atoms with van der Waals surface area (Å²) in [6.45, 7) is 4.26. The monoisotopic (exact) mass is 281 g/mol. The Balaban J connectivity index is 1.83. The lowest BCUT2D eigenvalue weighted by Crippen LogP contribution is -2.54. The number of nitrogens with zero attached hydrogens (tertiary/aromatic N) is 3. The Hall–Kier alpha value is -1.01. The second-order valence-corrected chi connectivity index (χ2v) is 6.49. The molecule has 2 saturated heterocycles. The van der Waals surface area contributed by atoms with Crippen LogP contribution in [0.1, 0.15) is 22.5 Å². The van der Waals surface area contributed by atoms with E-state index < -0.39 is 0 Å². The molecule has 2 aliphatic heterocycles. The molecule has 2 fully saturated rings. The maximum absolute atomic E-state index is 12.7. The number of hydrogen-bond donors (Lipinski definition) is 0. The molecule has 2 aliphatic rings. The van der Waals surface area contributed by atoms with Crippen LogP contribution in [0.25, 0.3) is 0 Å². The van der Waals surface area contributed by atoms with E-state index in [2.05, 4.69) is 5.10 Å². The number of ether oxygens (including phenoxy) is 1. The van der Waals surface area contributed by atoms with Crippen LogP contribution in [0.2, 0.25) is 0 Å². The first-order valence-corrected chi connectivity index (χ1v) is 7.72. The van der Waals surface area contributed by atoms with Gasteiger partial charge in [-0.3, -0.25) is 9.48 Å². The van der Waals surface area contributed by atoms with E-state index in [1.165, 1.54) is 0 Å². The third-order valence-electron chi connectivity index (χ3n) is 3.84. The van der Waals surface area contributed by atoms with Crippen LogP contribution < -0.4 is 0 Å². The zero-order chi connectivity index (χ0) is 13.4. The van der Waals surface area contributed by atoms with Crippen molar-refractivity contribution in [1.29, 1.82) is 0 Å². The molecule has 104 valence electrons. The third kappa shape index (κ3) is 2.39. The second-order valence-electron chi connectivity index (χ2n) is 5.14. The molecule has 0 bridgehead atoms. The van der Waals surface area contributed by atoms with Gasteiger partial charge in [-0.25, -0.2) is 0 Å². The number of thioether (sulfide) groups is 1. The van der Waals surface area contributed by atoms with Crippen molar-refractivity contribution in [2.45, 2.75) is 24.6 Å². The van der Waals surface area contributed by atoms with Crippen LogP contribution in [0.5, 0.6) is 0 Å². The quantitative estimate of drug-likeness (QED) is 0.773. The molecule has 0 saturated carbocycles. The third-order valence-corrected chi connectivity index (χ3v) is 5.14. The van der Waals surface area contributed by atoms with Gasteiger partial charge in [0.15, 0.2) is 0 Å². The summed E-state index contributed by atoms with van der Waals surface area (Å²) < 4.78 is 7.24. The van der Waals surface area contributed by atoms with Gasteiger partial charge in [-0.15, -0.1) is 0 Å². The Kier molecular flexibility index (Phi) is 3.54. The first-order chi connectivity index (χ1) is 9.16. The number of amides is 1. The number of aryl methyl sites for hydroxylation is 2. The van der Waals surface area contributed by atoms with Crippen LogP contribution in [0, 0.1) is 6.92 Å². The number of fused-ring (bicyclic) bond motifs is 1. The SMILES string of the molecule is Cc1nn(C)cc1C(=O)N1CCS[C@@H]2COCC[C@H]21. The van der Waals surface area contributed by atoms with Crippen LogP contribution in [0.4, 0.5) is 0 Å². The highest BCUT2D eigenvalue weighted by Gasteiger charge is 2.37. The van der Waals surface area contributed by atoms with Crippen molar-refractivity contribution in [2.75, 3.05) is 25.5 Å². The van der Waals surface area contributed by atoms with E-state index in [0.29, 0.717) is 11.3 Å². The topological polar surface area (TPSA) is 47.4 Å². The fourth-order valence-corrected chi connectivity index (χ4v) is 4.20. The summed E-state index contributed by atoms with van der Waals surface area (Å²) in [4.78, 5) is 14.7. The normalized spacial score (nSPS) is 27.2. The lowest BCUT2D eigenvalue weighted by Gasteiger charge is -2.43. The zero-order valence-corrected chi connectivity index (χ0v) is 12.2. The predicted molar refractivity (Wildman–Crippen MR) is 74.5 cm³/mol. The van der Waals surface area contributed by atoms with E-state index in [9.17, 15) is 4.79 Å². The molecule has 3 rings (SSSR count). The summed E-state index contributed by atoms with van der Waals surface area (Å²) in [6.07, 6.45) is 2.77. The molecule has 5 nitrogen and oxygen atoms in total. The molecule has 1 aromatic heterocycles. The Morgan fingerprint density at radius 1 is 1.58 bits per heavy atom. The summed E-state index contributed by atoms with van der Waals surface area (Å²) in [5.41, 5.74) is 1.55. The van der Waals surface area contributed by atoms with E-state index in [0.717, 1.165) is 43.2 Å². The average molecular weight is 281 g/mol. The van der Waals surface area contributed by atoms with Gasteiger partial charge in [-0.05, 0) is 13.3 Å². The second kappa shape index (κ2) is 5.17. The largest absolute Gasteiger partial charge is 0.380 e. The van der Waals surface area contributed by atoms with E-state index in [4.69, 9.17) is 4.74 Å². The van der Waals surface area contributed by atoms with Crippen LogP contribution in [-0.2, 0) is 11.8 Å². The molecule has 0 unspecified atom stereocenters. The molecule has 1 amide bonds. The summed E-state index contributed by atoms with van der Waals surface area (Å²) in [5.74, 6) is 1.12. The molecule has 0 radical (unpaired) electrons. The highest BCUT2D eigenvalue weighted by Crippen LogP contribution is 2.31. The molecule has 1 aromatic rings. The van der Waals surface area contributed by atoms with Crippen molar-refractivity contribution in [1.82, 2.24) is 14.7 Å². The molecule has 3 heterocycles. The number of carbonyl (C=O) groups is 1. The van der Waals surface area contributed by atoms with Gasteiger partial charge >= 0.3 is 0 Å². The van der Waals surface area contributed by atoms with Crippen molar-refractivity contribution in [3.05, 3.63) is 17.5 Å². The molecule has 0 N–H and O–H groups in total. The van der Waals surface area contributed by atoms with E-state index in [-0.39, 0.29) is 5.91 Å². The Morgan fingerprint density at radius 2 is 2.42 bits per heavy atom. The predicted octanol–water partition coefficient (Wildman–Crippen LogP) is 1.08. The standard InChI is InChI=1S/C13H19N3O2S/c1-9-10(7-15(2)14-9)13(17)16-4-6-19-12-8-18-5-3-11(12)16/h7,11-12H,3-6,8H2,1-2H3/t11-,12-/m1/s1. The minimum Gasteiger partial charge on any atom is -0.380 e. The van der Waals surface area contributed by atoms with E-state index in [1.54, 1.807) is 4.68 Å². The van der Waals surface area contributed by atoms with E-state index in [1.807, 2.05) is 36.8 Å². The van der Waals surface area contributed by atoms with Crippen molar-refractivity contribution in [3.63, 3.8) is 0 Å². The number of hydrogen-bond acceptors (Lipinski definition) is 4. The first kappa shape index (κ1) is 13.0. The smallest absolute Gasteiger partial charge is 0.257 e. The van der Waals surface area contributed by atoms with Crippen molar-refractivity contribution >= 4 is 17.7 Å². The summed E-state index contributed by atoms with van der Waals surface area (Å²) in [6, 6.07) is 0.319. The van der Waals surface area contributed by atoms with Gasteiger partial charge in [-0.2, -0.15) is 16.9 Å². The molecule has 2 atom stereocenters. The molecular formula is C13H19N3O2S. The fourth-order valence-electron chi connectivity index (χ4n) is 2.90. The van der Waals surface area contributed by atoms with Crippen LogP contribution in [0.15, 0.2) is 6.20 Å². The number of rotatable bonds is 1. The summed E-state index contributed by atoms with van der Waals surface area (Å²) >= 11 is 1.93. The number of carbonyl (C=O) groups excluding carboxylic acids is 1. The minimum atomic E-state index is 0.128. The van der Waals surface area contributed by atoms with Gasteiger partial charge in [0, 0.05) is 43.4 Å². The van der Waals surface area contributed by atoms with Crippen molar-refractivity contribution < 1.29 is 9.53 Å². The van der Waals surface area contributed by atoms with Gasteiger partial charge in [-0.1, -0.05) is 0 Å². The Bertz CT molecular complexity index is 486. The lowest BCUT2D eigenvalue weighted by atomic mass is 10.0. The molecule has 0 spiro atoms. The highest BCUT2D eigenvalue weighted by atomic mass is 32.2. The van der Waals surface area contributed by atoms with Gasteiger partial charge in [0.05, 0.1) is 17.9 Å². The van der Waals surface area contributed by atoms with Crippen LogP contribution >= 0.6 is 11.8 Å². The van der Waals surface area contributed by atoms with Crippen molar-refractivity contribution in [3.8, 4) is 0 Å². The van der Waals surface area contributed by atoms with Gasteiger partial charge in [0.2, 0.25) is 0 Å². The van der Waals surface area contributed by atoms with Gasteiger partial charge < -0.3 is 9.64 Å². The maximum atomic E-state index is 12.7. The Labute approximate surface area is 117 Å². The Morgan fingerprint density at radius 3 is 3.16 bits per heavy atom. The fraction of sp³-hybridized carbons (Fsp3) is 0.692. The lowest BCUT2D eigenvalue weighted by molar-refractivity contribution is 0.0318. The van der Waals surface area contributed by atoms with Gasteiger partial charge in [0.1, 0.15) is 0 Å². The average Bonchev–Trinajstić information content (AvgIpc) is 2.76. The van der Waals surface area contributed by atoms with Crippen LogP contribution in [0.3, 0.4) is 0 Å². The molecule has 0 aliphatic carbocycles. The van der Waals surface area contributed by atoms with Crippen molar-refractivity contribution in [2.24, 2.45) is 7.05 Å². The molecular weight excluding hydrogens is 262 g/mol. The summed E-state index contributed by atoms with van der Waals surface area (Å²) in [7, 11) is 1.85. The minimum absolute atomic E-state index is 0.128. The number of aromatic nitrogens is 2. The molecule has 19 heavy (non-hydrogen) atoms. The summed E-state index contributed by atoms with van der Waals surface area (Å²) in [5, 5.41) is 4.70. The van der Waals surface area contributed by atoms with E-state index >= 15 is 0 Å². The molecule has 0 aromatic carbocycles. The zero-order valence-electron chi connectivity index (χ0n) is 11.3. The van der Waals surface area contributed by atoms with Gasteiger partial charge in [0.25, 0.3) is 5.91 Å². The maximum Gasteiger partial charge on any atom is 0.257 e. The molecule has 6 heteroatoms.